The molecule has 0 spiro atoms. The normalized spacial score (nSPS) is 13.8. The Kier molecular flexibility index (Phi) is 5.78. The van der Waals surface area contributed by atoms with Crippen LogP contribution in [0.15, 0.2) is 6.07 Å². The van der Waals surface area contributed by atoms with Crippen LogP contribution in [0, 0.1) is 5.92 Å². The molecule has 0 fully saturated rings. The van der Waals surface area contributed by atoms with Gasteiger partial charge in [0.2, 0.25) is 5.91 Å². The SMILES string of the molecule is CNC(=O)C(Nc1cc(C(C)(C)C)nc(C(C)(C)C)n1)C(C)C. The summed E-state index contributed by atoms with van der Waals surface area (Å²) < 4.78 is 0. The van der Waals surface area contributed by atoms with Crippen LogP contribution in [0.2, 0.25) is 0 Å². The molecule has 130 valence electrons. The highest BCUT2D eigenvalue weighted by Gasteiger charge is 2.26. The predicted molar refractivity (Wildman–Crippen MR) is 95.7 cm³/mol. The van der Waals surface area contributed by atoms with E-state index in [1.807, 2.05) is 19.9 Å². The number of hydrogen-bond donors (Lipinski definition) is 2. The molecule has 1 rings (SSSR count). The van der Waals surface area contributed by atoms with Gasteiger partial charge in [0.1, 0.15) is 17.7 Å². The van der Waals surface area contributed by atoms with Gasteiger partial charge in [-0.15, -0.1) is 0 Å². The van der Waals surface area contributed by atoms with Crippen LogP contribution in [0.3, 0.4) is 0 Å². The molecule has 5 nitrogen and oxygen atoms in total. The first-order chi connectivity index (χ1) is 10.4. The van der Waals surface area contributed by atoms with E-state index < -0.39 is 0 Å². The summed E-state index contributed by atoms with van der Waals surface area (Å²) in [7, 11) is 1.65. The van der Waals surface area contributed by atoms with Gasteiger partial charge in [0.25, 0.3) is 0 Å². The molecule has 1 aromatic heterocycles. The van der Waals surface area contributed by atoms with Crippen LogP contribution < -0.4 is 10.6 Å². The van der Waals surface area contributed by atoms with Gasteiger partial charge in [-0.1, -0.05) is 55.4 Å². The van der Waals surface area contributed by atoms with Crippen molar-refractivity contribution in [2.24, 2.45) is 5.92 Å². The van der Waals surface area contributed by atoms with Crippen LogP contribution in [-0.2, 0) is 15.6 Å². The number of carbonyl (C=O) groups is 1. The van der Waals surface area contributed by atoms with E-state index in [1.165, 1.54) is 0 Å². The van der Waals surface area contributed by atoms with Gasteiger partial charge in [-0.2, -0.15) is 0 Å². The number of nitrogens with one attached hydrogen (secondary N) is 2. The summed E-state index contributed by atoms with van der Waals surface area (Å²) in [4.78, 5) is 21.5. The number of likely N-dealkylation sites (N-methyl/N-ethyl adjacent to an activating group) is 1. The van der Waals surface area contributed by atoms with Crippen molar-refractivity contribution in [2.45, 2.75) is 72.3 Å². The molecule has 0 saturated heterocycles. The highest BCUT2D eigenvalue weighted by atomic mass is 16.2. The molecule has 1 atom stereocenters. The van der Waals surface area contributed by atoms with Gasteiger partial charge in [-0.25, -0.2) is 9.97 Å². The van der Waals surface area contributed by atoms with Crippen LogP contribution >= 0.6 is 0 Å². The summed E-state index contributed by atoms with van der Waals surface area (Å²) in [5, 5.41) is 6.00. The average molecular weight is 320 g/mol. The van der Waals surface area contributed by atoms with Crippen LogP contribution in [0.5, 0.6) is 0 Å². The maximum absolute atomic E-state index is 12.1. The maximum Gasteiger partial charge on any atom is 0.242 e. The third-order valence-corrected chi connectivity index (χ3v) is 3.66. The molecule has 0 aliphatic rings. The minimum absolute atomic E-state index is 0.0340. The van der Waals surface area contributed by atoms with Gasteiger partial charge in [0.15, 0.2) is 0 Å². The lowest BCUT2D eigenvalue weighted by Gasteiger charge is -2.26. The monoisotopic (exact) mass is 320 g/mol. The molecule has 1 heterocycles. The Bertz CT molecular complexity index is 521. The molecule has 0 aliphatic heterocycles. The first-order valence-corrected chi connectivity index (χ1v) is 8.24. The molecule has 0 bridgehead atoms. The second-order valence-electron chi connectivity index (χ2n) is 8.44. The van der Waals surface area contributed by atoms with Crippen molar-refractivity contribution in [3.63, 3.8) is 0 Å². The minimum atomic E-state index is -0.324. The van der Waals surface area contributed by atoms with E-state index in [9.17, 15) is 4.79 Å². The zero-order chi connectivity index (χ0) is 18.0. The molecule has 0 aromatic carbocycles. The highest BCUT2D eigenvalue weighted by molar-refractivity contribution is 5.84. The Balaban J connectivity index is 3.32. The Labute approximate surface area is 140 Å². The van der Waals surface area contributed by atoms with E-state index in [1.54, 1.807) is 7.05 Å². The predicted octanol–water partition coefficient (Wildman–Crippen LogP) is 3.25. The zero-order valence-corrected chi connectivity index (χ0v) is 16.0. The number of anilines is 1. The minimum Gasteiger partial charge on any atom is -0.358 e. The summed E-state index contributed by atoms with van der Waals surface area (Å²) >= 11 is 0. The third kappa shape index (κ3) is 5.19. The summed E-state index contributed by atoms with van der Waals surface area (Å²) in [6.45, 7) is 16.7. The quantitative estimate of drug-likeness (QED) is 0.893. The molecule has 1 amide bonds. The van der Waals surface area contributed by atoms with Gasteiger partial charge >= 0.3 is 0 Å². The standard InChI is InChI=1S/C18H32N4O/c1-11(2)14(15(23)19-9)21-13-10-12(17(3,4)5)20-16(22-13)18(6,7)8/h10-11,14H,1-9H3,(H,19,23)(H,20,21,22). The van der Waals surface area contributed by atoms with E-state index in [2.05, 4.69) is 57.2 Å². The lowest BCUT2D eigenvalue weighted by atomic mass is 9.90. The zero-order valence-electron chi connectivity index (χ0n) is 16.0. The Morgan fingerprint density at radius 2 is 1.61 bits per heavy atom. The van der Waals surface area contributed by atoms with Gasteiger partial charge in [-0.05, 0) is 5.92 Å². The van der Waals surface area contributed by atoms with E-state index in [4.69, 9.17) is 4.98 Å². The van der Waals surface area contributed by atoms with Crippen molar-refractivity contribution in [2.75, 3.05) is 12.4 Å². The summed E-state index contributed by atoms with van der Waals surface area (Å²) in [6.07, 6.45) is 0. The van der Waals surface area contributed by atoms with Crippen molar-refractivity contribution in [1.29, 1.82) is 0 Å². The van der Waals surface area contributed by atoms with E-state index in [0.717, 1.165) is 11.5 Å². The van der Waals surface area contributed by atoms with E-state index in [-0.39, 0.29) is 28.7 Å². The van der Waals surface area contributed by atoms with Gasteiger partial charge in [0, 0.05) is 23.9 Å². The molecule has 5 heteroatoms. The molecule has 2 N–H and O–H groups in total. The van der Waals surface area contributed by atoms with Crippen LogP contribution in [-0.4, -0.2) is 29.0 Å². The van der Waals surface area contributed by atoms with Gasteiger partial charge < -0.3 is 10.6 Å². The summed E-state index contributed by atoms with van der Waals surface area (Å²) in [5.74, 6) is 1.61. The molecule has 0 radical (unpaired) electrons. The Morgan fingerprint density at radius 1 is 1.04 bits per heavy atom. The van der Waals surface area contributed by atoms with Crippen molar-refractivity contribution in [1.82, 2.24) is 15.3 Å². The molecule has 0 saturated carbocycles. The van der Waals surface area contributed by atoms with Crippen molar-refractivity contribution in [3.8, 4) is 0 Å². The van der Waals surface area contributed by atoms with E-state index >= 15 is 0 Å². The fourth-order valence-corrected chi connectivity index (χ4v) is 2.09. The van der Waals surface area contributed by atoms with Crippen LogP contribution in [0.25, 0.3) is 0 Å². The Hall–Kier alpha value is -1.65. The van der Waals surface area contributed by atoms with Gasteiger partial charge in [0.05, 0.1) is 5.69 Å². The lowest BCUT2D eigenvalue weighted by Crippen LogP contribution is -2.41. The smallest absolute Gasteiger partial charge is 0.242 e. The molecule has 1 aromatic rings. The maximum atomic E-state index is 12.1. The van der Waals surface area contributed by atoms with Gasteiger partial charge in [-0.3, -0.25) is 4.79 Å². The Morgan fingerprint density at radius 3 is 2.00 bits per heavy atom. The number of carbonyl (C=O) groups excluding carboxylic acids is 1. The number of hydrogen-bond acceptors (Lipinski definition) is 4. The van der Waals surface area contributed by atoms with Crippen molar-refractivity contribution in [3.05, 3.63) is 17.6 Å². The summed E-state index contributed by atoms with van der Waals surface area (Å²) in [5.41, 5.74) is 0.733. The van der Waals surface area contributed by atoms with Crippen molar-refractivity contribution >= 4 is 11.7 Å². The molecule has 0 aliphatic carbocycles. The van der Waals surface area contributed by atoms with E-state index in [0.29, 0.717) is 5.82 Å². The molecular weight excluding hydrogens is 288 g/mol. The van der Waals surface area contributed by atoms with Crippen molar-refractivity contribution < 1.29 is 4.79 Å². The first kappa shape index (κ1) is 19.4. The lowest BCUT2D eigenvalue weighted by molar-refractivity contribution is -0.122. The van der Waals surface area contributed by atoms with Crippen LogP contribution in [0.1, 0.15) is 66.9 Å². The largest absolute Gasteiger partial charge is 0.358 e. The molecule has 23 heavy (non-hydrogen) atoms. The average Bonchev–Trinajstić information content (AvgIpc) is 2.41. The second kappa shape index (κ2) is 6.85. The number of rotatable bonds is 4. The number of aromatic nitrogens is 2. The third-order valence-electron chi connectivity index (χ3n) is 3.66. The number of amides is 1. The fraction of sp³-hybridized carbons (Fsp3) is 0.722. The van der Waals surface area contributed by atoms with Crippen LogP contribution in [0.4, 0.5) is 5.82 Å². The summed E-state index contributed by atoms with van der Waals surface area (Å²) in [6, 6.07) is 1.63. The second-order valence-corrected chi connectivity index (χ2v) is 8.44. The number of nitrogens with zero attached hydrogens (tertiary/aromatic N) is 2. The highest BCUT2D eigenvalue weighted by Crippen LogP contribution is 2.27. The molecular formula is C18H32N4O. The topological polar surface area (TPSA) is 66.9 Å². The fourth-order valence-electron chi connectivity index (χ4n) is 2.09. The molecule has 1 unspecified atom stereocenters. The first-order valence-electron chi connectivity index (χ1n) is 8.24.